The van der Waals surface area contributed by atoms with Crippen LogP contribution in [0.15, 0.2) is 42.6 Å². The molecule has 1 aromatic heterocycles. The maximum Gasteiger partial charge on any atom is 0.263 e. The molecule has 4 rings (SSSR count). The molecule has 0 unspecified atom stereocenters. The number of aromatic nitrogens is 1. The highest BCUT2D eigenvalue weighted by molar-refractivity contribution is 6.08. The molecule has 7 nitrogen and oxygen atoms in total. The van der Waals surface area contributed by atoms with Crippen molar-refractivity contribution in [3.8, 4) is 11.8 Å². The van der Waals surface area contributed by atoms with Gasteiger partial charge in [-0.3, -0.25) is 14.5 Å². The molecule has 0 radical (unpaired) electrons. The molecule has 2 amide bonds. The number of ether oxygens (including phenoxy) is 1. The van der Waals surface area contributed by atoms with E-state index in [1.165, 1.54) is 24.1 Å². The number of halogens is 1. The number of hydrogen-bond acceptors (Lipinski definition) is 5. The smallest absolute Gasteiger partial charge is 0.263 e. The number of pyridine rings is 1. The van der Waals surface area contributed by atoms with Gasteiger partial charge in [-0.15, -0.1) is 0 Å². The Morgan fingerprint density at radius 2 is 2.06 bits per heavy atom. The summed E-state index contributed by atoms with van der Waals surface area (Å²) in [4.78, 5) is 31.1. The molecule has 2 heterocycles. The highest BCUT2D eigenvalue weighted by Gasteiger charge is 2.29. The second-order valence-corrected chi connectivity index (χ2v) is 8.02. The van der Waals surface area contributed by atoms with Gasteiger partial charge in [-0.1, -0.05) is 6.07 Å². The van der Waals surface area contributed by atoms with E-state index in [4.69, 9.17) is 4.74 Å². The lowest BCUT2D eigenvalue weighted by Gasteiger charge is -2.20. The Labute approximate surface area is 196 Å². The summed E-state index contributed by atoms with van der Waals surface area (Å²) in [7, 11) is 1.45. The molecule has 0 atom stereocenters. The number of hydrogen-bond donors (Lipinski definition) is 1. The minimum Gasteiger partial charge on any atom is -0.491 e. The largest absolute Gasteiger partial charge is 0.491 e. The van der Waals surface area contributed by atoms with Crippen LogP contribution in [0.2, 0.25) is 0 Å². The molecule has 1 aliphatic heterocycles. The number of nitrogens with one attached hydrogen (secondary N) is 1. The van der Waals surface area contributed by atoms with E-state index in [0.29, 0.717) is 28.9 Å². The summed E-state index contributed by atoms with van der Waals surface area (Å²) in [6.45, 7) is 4.33. The average Bonchev–Trinajstić information content (AvgIpc) is 3.00. The van der Waals surface area contributed by atoms with Gasteiger partial charge in [0.15, 0.2) is 5.82 Å². The van der Waals surface area contributed by atoms with Gasteiger partial charge >= 0.3 is 0 Å². The average molecular weight is 458 g/mol. The van der Waals surface area contributed by atoms with Crippen molar-refractivity contribution in [1.82, 2.24) is 10.3 Å². The van der Waals surface area contributed by atoms with Crippen molar-refractivity contribution in [2.75, 3.05) is 25.1 Å². The fraction of sp³-hybridized carbons (Fsp3) is 0.231. The van der Waals surface area contributed by atoms with E-state index in [1.54, 1.807) is 30.5 Å². The Balaban J connectivity index is 1.74. The highest BCUT2D eigenvalue weighted by atomic mass is 19.1. The van der Waals surface area contributed by atoms with Crippen LogP contribution in [0.1, 0.15) is 48.5 Å². The second-order valence-electron chi connectivity index (χ2n) is 8.02. The summed E-state index contributed by atoms with van der Waals surface area (Å²) in [5, 5.41) is 11.9. The molecule has 0 fully saturated rings. The first-order chi connectivity index (χ1) is 16.3. The molecule has 8 heteroatoms. The summed E-state index contributed by atoms with van der Waals surface area (Å²) in [5.74, 6) is -0.614. The maximum atomic E-state index is 14.5. The van der Waals surface area contributed by atoms with Crippen LogP contribution < -0.4 is 15.0 Å². The SMILES string of the molecule is CNC(=O)c1ccc(Cc2cc3c(c(C)c2C)OCCN(c2ncccc2C#N)C3=O)cc1F. The van der Waals surface area contributed by atoms with Crippen molar-refractivity contribution >= 4 is 17.6 Å². The van der Waals surface area contributed by atoms with Gasteiger partial charge in [0, 0.05) is 13.2 Å². The van der Waals surface area contributed by atoms with Gasteiger partial charge < -0.3 is 10.1 Å². The minimum atomic E-state index is -0.606. The van der Waals surface area contributed by atoms with Crippen molar-refractivity contribution in [3.63, 3.8) is 0 Å². The van der Waals surface area contributed by atoms with E-state index in [1.807, 2.05) is 13.8 Å². The van der Waals surface area contributed by atoms with Gasteiger partial charge in [0.2, 0.25) is 0 Å². The monoisotopic (exact) mass is 458 g/mol. The molecule has 0 saturated carbocycles. The van der Waals surface area contributed by atoms with Gasteiger partial charge in [0.25, 0.3) is 11.8 Å². The van der Waals surface area contributed by atoms with Crippen molar-refractivity contribution in [1.29, 1.82) is 5.26 Å². The molecule has 34 heavy (non-hydrogen) atoms. The highest BCUT2D eigenvalue weighted by Crippen LogP contribution is 2.34. The van der Waals surface area contributed by atoms with Gasteiger partial charge in [0.1, 0.15) is 24.2 Å². The Morgan fingerprint density at radius 1 is 1.26 bits per heavy atom. The molecule has 172 valence electrons. The van der Waals surface area contributed by atoms with Crippen molar-refractivity contribution in [3.05, 3.63) is 87.4 Å². The third-order valence-corrected chi connectivity index (χ3v) is 6.05. The Kier molecular flexibility index (Phi) is 6.28. The summed E-state index contributed by atoms with van der Waals surface area (Å²) in [6, 6.07) is 11.6. The van der Waals surface area contributed by atoms with Gasteiger partial charge in [0.05, 0.1) is 23.2 Å². The molecule has 0 saturated heterocycles. The fourth-order valence-electron chi connectivity index (χ4n) is 4.08. The lowest BCUT2D eigenvalue weighted by molar-refractivity contribution is 0.0957. The van der Waals surface area contributed by atoms with E-state index >= 15 is 0 Å². The Hall–Kier alpha value is -4.25. The second kappa shape index (κ2) is 9.32. The van der Waals surface area contributed by atoms with Crippen molar-refractivity contribution in [2.24, 2.45) is 0 Å². The number of fused-ring (bicyclic) bond motifs is 1. The summed E-state index contributed by atoms with van der Waals surface area (Å²) >= 11 is 0. The number of carbonyl (C=O) groups excluding carboxylic acids is 2. The predicted molar refractivity (Wildman–Crippen MR) is 125 cm³/mol. The lowest BCUT2D eigenvalue weighted by Crippen LogP contribution is -2.33. The van der Waals surface area contributed by atoms with Crippen LogP contribution in [0.3, 0.4) is 0 Å². The van der Waals surface area contributed by atoms with E-state index in [9.17, 15) is 19.2 Å². The fourth-order valence-corrected chi connectivity index (χ4v) is 4.08. The standard InChI is InChI=1S/C26H23FN4O3/c1-15-16(2)23-21(13-19(15)11-17-6-7-20(22(27)12-17)25(32)29-3)26(33)31(9-10-34-23)24-18(14-28)5-4-8-30-24/h4-8,12-13H,9-11H2,1-3H3,(H,29,32). The van der Waals surface area contributed by atoms with Crippen LogP contribution in [-0.2, 0) is 6.42 Å². The van der Waals surface area contributed by atoms with Crippen LogP contribution in [0.5, 0.6) is 5.75 Å². The van der Waals surface area contributed by atoms with E-state index in [-0.39, 0.29) is 30.4 Å². The molecule has 2 aromatic carbocycles. The predicted octanol–water partition coefficient (Wildman–Crippen LogP) is 3.70. The molecule has 0 aliphatic carbocycles. The van der Waals surface area contributed by atoms with E-state index in [0.717, 1.165) is 16.7 Å². The number of nitrogens with zero attached hydrogens (tertiary/aromatic N) is 3. The van der Waals surface area contributed by atoms with Crippen LogP contribution in [0.25, 0.3) is 0 Å². The first-order valence-corrected chi connectivity index (χ1v) is 10.8. The number of anilines is 1. The number of rotatable bonds is 4. The lowest BCUT2D eigenvalue weighted by atomic mass is 9.92. The normalized spacial score (nSPS) is 12.9. The minimum absolute atomic E-state index is 0.0241. The van der Waals surface area contributed by atoms with E-state index in [2.05, 4.69) is 16.4 Å². The molecular formula is C26H23FN4O3. The van der Waals surface area contributed by atoms with Crippen molar-refractivity contribution in [2.45, 2.75) is 20.3 Å². The third-order valence-electron chi connectivity index (χ3n) is 6.05. The third kappa shape index (κ3) is 4.08. The topological polar surface area (TPSA) is 95.3 Å². The molecular weight excluding hydrogens is 435 g/mol. The molecule has 3 aromatic rings. The number of carbonyl (C=O) groups is 2. The van der Waals surface area contributed by atoms with Crippen LogP contribution in [0.4, 0.5) is 10.2 Å². The molecule has 0 bridgehead atoms. The first kappa shape index (κ1) is 22.9. The van der Waals surface area contributed by atoms with Crippen LogP contribution in [0, 0.1) is 31.0 Å². The summed E-state index contributed by atoms with van der Waals surface area (Å²) in [5.41, 5.74) is 3.91. The quantitative estimate of drug-likeness (QED) is 0.643. The zero-order valence-corrected chi connectivity index (χ0v) is 19.1. The number of nitriles is 1. The first-order valence-electron chi connectivity index (χ1n) is 10.8. The van der Waals surface area contributed by atoms with Gasteiger partial charge in [-0.25, -0.2) is 9.37 Å². The zero-order chi connectivity index (χ0) is 24.4. The molecule has 1 aliphatic rings. The summed E-state index contributed by atoms with van der Waals surface area (Å²) < 4.78 is 20.5. The summed E-state index contributed by atoms with van der Waals surface area (Å²) in [6.07, 6.45) is 1.91. The number of amides is 2. The number of benzene rings is 2. The van der Waals surface area contributed by atoms with Crippen LogP contribution in [-0.4, -0.2) is 37.0 Å². The molecule has 0 spiro atoms. The van der Waals surface area contributed by atoms with E-state index < -0.39 is 11.7 Å². The maximum absolute atomic E-state index is 14.5. The van der Waals surface area contributed by atoms with Gasteiger partial charge in [-0.2, -0.15) is 5.26 Å². The van der Waals surface area contributed by atoms with Gasteiger partial charge in [-0.05, 0) is 72.9 Å². The molecule has 1 N–H and O–H groups in total. The van der Waals surface area contributed by atoms with Crippen molar-refractivity contribution < 1.29 is 18.7 Å². The Bertz CT molecular complexity index is 1350. The zero-order valence-electron chi connectivity index (χ0n) is 19.1. The Morgan fingerprint density at radius 3 is 2.76 bits per heavy atom. The van der Waals surface area contributed by atoms with Crippen LogP contribution >= 0.6 is 0 Å².